The number of hydrogen-bond donors (Lipinski definition) is 2. The van der Waals surface area contributed by atoms with Gasteiger partial charge >= 0.3 is 0 Å². The van der Waals surface area contributed by atoms with Gasteiger partial charge < -0.3 is 24.8 Å². The topological polar surface area (TPSA) is 64.1 Å². The fourth-order valence-corrected chi connectivity index (χ4v) is 2.21. The molecular weight excluding hydrogens is 306 g/mol. The number of nitrogens with one attached hydrogen (secondary N) is 2. The molecule has 0 aliphatic rings. The van der Waals surface area contributed by atoms with Gasteiger partial charge in [0, 0.05) is 27.2 Å². The minimum atomic E-state index is 0.471. The van der Waals surface area contributed by atoms with Crippen molar-refractivity contribution in [3.8, 4) is 5.75 Å². The first-order valence-corrected chi connectivity index (χ1v) is 8.36. The molecule has 1 aromatic carbocycles. The lowest BCUT2D eigenvalue weighted by Gasteiger charge is -2.15. The van der Waals surface area contributed by atoms with Crippen molar-refractivity contribution in [3.05, 3.63) is 29.8 Å². The average molecular weight is 337 g/mol. The molecule has 1 rings (SSSR count). The number of hydrogen-bond acceptors (Lipinski definition) is 4. The summed E-state index contributed by atoms with van der Waals surface area (Å²) in [6, 6.07) is 8.24. The molecule has 136 valence electrons. The maximum absolute atomic E-state index is 5.41. The SMILES string of the molecule is CN=C(NCCOCCOC)NCCC(C)c1ccc(OC)cc1. The van der Waals surface area contributed by atoms with E-state index in [1.165, 1.54) is 5.56 Å². The molecule has 0 saturated heterocycles. The number of aliphatic imine (C=N–C) groups is 1. The Morgan fingerprint density at radius 3 is 2.38 bits per heavy atom. The number of benzene rings is 1. The summed E-state index contributed by atoms with van der Waals surface area (Å²) in [6.45, 7) is 5.67. The van der Waals surface area contributed by atoms with Crippen molar-refractivity contribution in [2.45, 2.75) is 19.3 Å². The number of rotatable bonds is 11. The third-order valence-electron chi connectivity index (χ3n) is 3.75. The van der Waals surface area contributed by atoms with Gasteiger partial charge in [-0.2, -0.15) is 0 Å². The third kappa shape index (κ3) is 8.17. The molecule has 1 aromatic rings. The standard InChI is InChI=1S/C18H31N3O3/c1-15(16-5-7-17(23-4)8-6-16)9-10-20-18(19-2)21-11-12-24-14-13-22-3/h5-8,15H,9-14H2,1-4H3,(H2,19,20,21). The first kappa shape index (κ1) is 20.3. The number of nitrogens with zero attached hydrogens (tertiary/aromatic N) is 1. The van der Waals surface area contributed by atoms with Crippen molar-refractivity contribution in [2.24, 2.45) is 4.99 Å². The van der Waals surface area contributed by atoms with Crippen molar-refractivity contribution in [1.82, 2.24) is 10.6 Å². The van der Waals surface area contributed by atoms with Gasteiger partial charge in [0.25, 0.3) is 0 Å². The zero-order valence-corrected chi connectivity index (χ0v) is 15.3. The largest absolute Gasteiger partial charge is 0.497 e. The van der Waals surface area contributed by atoms with Crippen molar-refractivity contribution in [3.63, 3.8) is 0 Å². The van der Waals surface area contributed by atoms with Gasteiger partial charge in [-0.05, 0) is 30.0 Å². The van der Waals surface area contributed by atoms with Crippen LogP contribution < -0.4 is 15.4 Å². The molecule has 1 atom stereocenters. The summed E-state index contributed by atoms with van der Waals surface area (Å²) < 4.78 is 15.5. The molecule has 1 unspecified atom stereocenters. The maximum Gasteiger partial charge on any atom is 0.191 e. The first-order valence-electron chi connectivity index (χ1n) is 8.36. The van der Waals surface area contributed by atoms with Crippen LogP contribution in [0.5, 0.6) is 5.75 Å². The van der Waals surface area contributed by atoms with E-state index in [9.17, 15) is 0 Å². The van der Waals surface area contributed by atoms with Crippen LogP contribution in [0.25, 0.3) is 0 Å². The van der Waals surface area contributed by atoms with Gasteiger partial charge in [0.2, 0.25) is 0 Å². The molecule has 0 fully saturated rings. The first-order chi connectivity index (χ1) is 11.7. The van der Waals surface area contributed by atoms with Gasteiger partial charge in [0.05, 0.1) is 26.9 Å². The quantitative estimate of drug-likeness (QED) is 0.367. The van der Waals surface area contributed by atoms with Crippen LogP contribution in [0.4, 0.5) is 0 Å². The van der Waals surface area contributed by atoms with Crippen molar-refractivity contribution in [2.75, 3.05) is 54.2 Å². The number of ether oxygens (including phenoxy) is 3. The smallest absolute Gasteiger partial charge is 0.191 e. The third-order valence-corrected chi connectivity index (χ3v) is 3.75. The Labute approximate surface area is 145 Å². The summed E-state index contributed by atoms with van der Waals surface area (Å²) in [5.74, 6) is 2.16. The molecule has 2 N–H and O–H groups in total. The highest BCUT2D eigenvalue weighted by molar-refractivity contribution is 5.79. The molecular formula is C18H31N3O3. The van der Waals surface area contributed by atoms with Crippen molar-refractivity contribution in [1.29, 1.82) is 0 Å². The van der Waals surface area contributed by atoms with Gasteiger partial charge in [-0.3, -0.25) is 4.99 Å². The van der Waals surface area contributed by atoms with E-state index in [-0.39, 0.29) is 0 Å². The summed E-state index contributed by atoms with van der Waals surface area (Å²) >= 11 is 0. The van der Waals surface area contributed by atoms with E-state index in [0.717, 1.165) is 31.2 Å². The monoisotopic (exact) mass is 337 g/mol. The molecule has 24 heavy (non-hydrogen) atoms. The zero-order valence-electron chi connectivity index (χ0n) is 15.3. The van der Waals surface area contributed by atoms with E-state index >= 15 is 0 Å². The van der Waals surface area contributed by atoms with E-state index in [2.05, 4.69) is 34.7 Å². The molecule has 0 aliphatic carbocycles. The van der Waals surface area contributed by atoms with Crippen molar-refractivity contribution < 1.29 is 14.2 Å². The highest BCUT2D eigenvalue weighted by Crippen LogP contribution is 2.21. The summed E-state index contributed by atoms with van der Waals surface area (Å²) in [7, 11) is 5.12. The lowest BCUT2D eigenvalue weighted by Crippen LogP contribution is -2.39. The fourth-order valence-electron chi connectivity index (χ4n) is 2.21. The normalized spacial score (nSPS) is 12.8. The van der Waals surface area contributed by atoms with Gasteiger partial charge in [0.1, 0.15) is 5.75 Å². The highest BCUT2D eigenvalue weighted by Gasteiger charge is 2.06. The fraction of sp³-hybridized carbons (Fsp3) is 0.611. The Hall–Kier alpha value is -1.79. The molecule has 6 nitrogen and oxygen atoms in total. The second-order valence-electron chi connectivity index (χ2n) is 5.49. The van der Waals surface area contributed by atoms with Crippen LogP contribution in [0.3, 0.4) is 0 Å². The van der Waals surface area contributed by atoms with Gasteiger partial charge in [-0.15, -0.1) is 0 Å². The van der Waals surface area contributed by atoms with E-state index < -0.39 is 0 Å². The molecule has 0 saturated carbocycles. The minimum Gasteiger partial charge on any atom is -0.497 e. The highest BCUT2D eigenvalue weighted by atomic mass is 16.5. The van der Waals surface area contributed by atoms with E-state index in [1.807, 2.05) is 12.1 Å². The predicted octanol–water partition coefficient (Wildman–Crippen LogP) is 2.02. The molecule has 0 heterocycles. The van der Waals surface area contributed by atoms with E-state index in [0.29, 0.717) is 25.7 Å². The summed E-state index contributed by atoms with van der Waals surface area (Å²) in [4.78, 5) is 4.21. The molecule has 0 spiro atoms. The summed E-state index contributed by atoms with van der Waals surface area (Å²) in [5, 5.41) is 6.56. The van der Waals surface area contributed by atoms with Crippen molar-refractivity contribution >= 4 is 5.96 Å². The Kier molecular flexibility index (Phi) is 10.6. The second kappa shape index (κ2) is 12.6. The maximum atomic E-state index is 5.41. The summed E-state index contributed by atoms with van der Waals surface area (Å²) in [5.41, 5.74) is 1.31. The number of methoxy groups -OCH3 is 2. The Morgan fingerprint density at radius 1 is 1.04 bits per heavy atom. The average Bonchev–Trinajstić information content (AvgIpc) is 2.62. The summed E-state index contributed by atoms with van der Waals surface area (Å²) in [6.07, 6.45) is 1.03. The molecule has 6 heteroatoms. The Balaban J connectivity index is 2.20. The lowest BCUT2D eigenvalue weighted by molar-refractivity contribution is 0.0733. The van der Waals surface area contributed by atoms with Crippen LogP contribution in [0.1, 0.15) is 24.8 Å². The van der Waals surface area contributed by atoms with Crippen LogP contribution in [0.2, 0.25) is 0 Å². The van der Waals surface area contributed by atoms with E-state index in [1.54, 1.807) is 21.3 Å². The molecule has 0 bridgehead atoms. The Morgan fingerprint density at radius 2 is 1.75 bits per heavy atom. The van der Waals surface area contributed by atoms with Crippen LogP contribution in [0, 0.1) is 0 Å². The van der Waals surface area contributed by atoms with Crippen LogP contribution in [-0.2, 0) is 9.47 Å². The van der Waals surface area contributed by atoms with Gasteiger partial charge in [-0.25, -0.2) is 0 Å². The predicted molar refractivity (Wildman–Crippen MR) is 98.1 cm³/mol. The zero-order chi connectivity index (χ0) is 17.6. The molecule has 0 amide bonds. The van der Waals surface area contributed by atoms with Crippen LogP contribution in [-0.4, -0.2) is 60.1 Å². The minimum absolute atomic E-state index is 0.471. The molecule has 0 aliphatic heterocycles. The molecule has 0 aromatic heterocycles. The van der Waals surface area contributed by atoms with Crippen LogP contribution in [0.15, 0.2) is 29.3 Å². The van der Waals surface area contributed by atoms with Gasteiger partial charge in [0.15, 0.2) is 5.96 Å². The lowest BCUT2D eigenvalue weighted by atomic mass is 9.98. The second-order valence-corrected chi connectivity index (χ2v) is 5.49. The van der Waals surface area contributed by atoms with Gasteiger partial charge in [-0.1, -0.05) is 19.1 Å². The molecule has 0 radical (unpaired) electrons. The number of guanidine groups is 1. The van der Waals surface area contributed by atoms with Crippen LogP contribution >= 0.6 is 0 Å². The van der Waals surface area contributed by atoms with E-state index in [4.69, 9.17) is 14.2 Å². The Bertz CT molecular complexity index is 463.